The van der Waals surface area contributed by atoms with E-state index in [9.17, 15) is 0 Å². The predicted molar refractivity (Wildman–Crippen MR) is 60.7 cm³/mol. The first-order chi connectivity index (χ1) is 6.84. The van der Waals surface area contributed by atoms with Crippen molar-refractivity contribution in [1.29, 1.82) is 0 Å². The Morgan fingerprint density at radius 3 is 2.43 bits per heavy atom. The fourth-order valence-electron chi connectivity index (χ4n) is 1.48. The lowest BCUT2D eigenvalue weighted by Crippen LogP contribution is -1.88. The van der Waals surface area contributed by atoms with Crippen LogP contribution in [0.25, 0.3) is 0 Å². The summed E-state index contributed by atoms with van der Waals surface area (Å²) in [6, 6.07) is 7.99. The molecule has 1 N–H and O–H groups in total. The number of benzene rings is 1. The van der Waals surface area contributed by atoms with E-state index in [0.717, 1.165) is 30.7 Å². The lowest BCUT2D eigenvalue weighted by atomic mass is 10.1. The molecule has 0 heterocycles. The Labute approximate surface area is 90.7 Å². The first kappa shape index (κ1) is 11.5. The molecule has 0 spiro atoms. The van der Waals surface area contributed by atoms with E-state index in [-0.39, 0.29) is 0 Å². The Morgan fingerprint density at radius 1 is 1.00 bits per heavy atom. The standard InChI is InChI=1S/C12H17ClO/c13-12-9-5-4-8-11(12)7-3-1-2-6-10-14/h4-5,8-9,14H,1-3,6-7,10H2. The van der Waals surface area contributed by atoms with Crippen molar-refractivity contribution < 1.29 is 5.11 Å². The predicted octanol–water partition coefficient (Wildman–Crippen LogP) is 3.44. The topological polar surface area (TPSA) is 20.2 Å². The molecular weight excluding hydrogens is 196 g/mol. The summed E-state index contributed by atoms with van der Waals surface area (Å²) >= 11 is 6.02. The van der Waals surface area contributed by atoms with Gasteiger partial charge in [-0.25, -0.2) is 0 Å². The largest absolute Gasteiger partial charge is 0.396 e. The zero-order valence-electron chi connectivity index (χ0n) is 8.38. The third kappa shape index (κ3) is 4.12. The Kier molecular flexibility index (Phi) is 5.65. The molecule has 0 saturated carbocycles. The van der Waals surface area contributed by atoms with Crippen molar-refractivity contribution in [2.45, 2.75) is 32.1 Å². The molecule has 0 saturated heterocycles. The molecule has 0 aliphatic heterocycles. The zero-order valence-corrected chi connectivity index (χ0v) is 9.13. The van der Waals surface area contributed by atoms with Crippen LogP contribution in [-0.2, 0) is 6.42 Å². The molecule has 0 unspecified atom stereocenters. The SMILES string of the molecule is OCCCCCCc1ccccc1Cl. The van der Waals surface area contributed by atoms with Crippen molar-refractivity contribution in [2.75, 3.05) is 6.61 Å². The Bertz CT molecular complexity index is 260. The van der Waals surface area contributed by atoms with Crippen LogP contribution in [0.3, 0.4) is 0 Å². The van der Waals surface area contributed by atoms with Gasteiger partial charge in [0.05, 0.1) is 0 Å². The second kappa shape index (κ2) is 6.86. The molecule has 0 aromatic heterocycles. The first-order valence-electron chi connectivity index (χ1n) is 5.19. The molecule has 1 rings (SSSR count). The molecule has 78 valence electrons. The summed E-state index contributed by atoms with van der Waals surface area (Å²) < 4.78 is 0. The van der Waals surface area contributed by atoms with Gasteiger partial charge in [0.25, 0.3) is 0 Å². The van der Waals surface area contributed by atoms with Crippen LogP contribution in [0.5, 0.6) is 0 Å². The van der Waals surface area contributed by atoms with E-state index in [1.54, 1.807) is 0 Å². The molecule has 1 aromatic rings. The van der Waals surface area contributed by atoms with E-state index in [1.807, 2.05) is 18.2 Å². The van der Waals surface area contributed by atoms with Crippen LogP contribution in [0.1, 0.15) is 31.2 Å². The van der Waals surface area contributed by atoms with Gasteiger partial charge in [-0.15, -0.1) is 0 Å². The van der Waals surface area contributed by atoms with Crippen LogP contribution in [0.15, 0.2) is 24.3 Å². The lowest BCUT2D eigenvalue weighted by Gasteiger charge is -2.03. The summed E-state index contributed by atoms with van der Waals surface area (Å²) in [5.74, 6) is 0. The van der Waals surface area contributed by atoms with E-state index in [0.29, 0.717) is 6.61 Å². The molecule has 0 atom stereocenters. The van der Waals surface area contributed by atoms with Crippen LogP contribution in [-0.4, -0.2) is 11.7 Å². The molecule has 0 amide bonds. The van der Waals surface area contributed by atoms with Crippen molar-refractivity contribution in [3.05, 3.63) is 34.9 Å². The monoisotopic (exact) mass is 212 g/mol. The fraction of sp³-hybridized carbons (Fsp3) is 0.500. The van der Waals surface area contributed by atoms with Gasteiger partial charge in [-0.3, -0.25) is 0 Å². The minimum Gasteiger partial charge on any atom is -0.396 e. The number of aliphatic hydroxyl groups is 1. The molecule has 14 heavy (non-hydrogen) atoms. The summed E-state index contributed by atoms with van der Waals surface area (Å²) in [5.41, 5.74) is 1.23. The van der Waals surface area contributed by atoms with Crippen LogP contribution >= 0.6 is 11.6 Å². The van der Waals surface area contributed by atoms with Crippen LogP contribution in [0.4, 0.5) is 0 Å². The number of halogens is 1. The Hall–Kier alpha value is -0.530. The molecule has 0 aliphatic carbocycles. The highest BCUT2D eigenvalue weighted by Crippen LogP contribution is 2.17. The van der Waals surface area contributed by atoms with Crippen molar-refractivity contribution in [3.63, 3.8) is 0 Å². The van der Waals surface area contributed by atoms with Crippen LogP contribution in [0, 0.1) is 0 Å². The molecule has 1 aromatic carbocycles. The van der Waals surface area contributed by atoms with E-state index < -0.39 is 0 Å². The molecule has 0 aliphatic rings. The molecule has 1 nitrogen and oxygen atoms in total. The van der Waals surface area contributed by atoms with Crippen molar-refractivity contribution in [1.82, 2.24) is 0 Å². The highest BCUT2D eigenvalue weighted by Gasteiger charge is 1.97. The third-order valence-electron chi connectivity index (χ3n) is 2.31. The quantitative estimate of drug-likeness (QED) is 0.717. The Balaban J connectivity index is 2.21. The number of unbranched alkanes of at least 4 members (excludes halogenated alkanes) is 3. The van der Waals surface area contributed by atoms with Crippen molar-refractivity contribution >= 4 is 11.6 Å². The maximum absolute atomic E-state index is 8.61. The van der Waals surface area contributed by atoms with Crippen LogP contribution < -0.4 is 0 Å². The number of hydrogen-bond donors (Lipinski definition) is 1. The second-order valence-corrected chi connectivity index (χ2v) is 3.89. The maximum atomic E-state index is 8.61. The van der Waals surface area contributed by atoms with Gasteiger partial charge >= 0.3 is 0 Å². The average Bonchev–Trinajstić information content (AvgIpc) is 2.20. The van der Waals surface area contributed by atoms with Gasteiger partial charge in [0.15, 0.2) is 0 Å². The number of hydrogen-bond acceptors (Lipinski definition) is 1. The number of aryl methyl sites for hydroxylation is 1. The minimum atomic E-state index is 0.312. The smallest absolute Gasteiger partial charge is 0.0437 e. The number of rotatable bonds is 6. The van der Waals surface area contributed by atoms with Gasteiger partial charge in [0, 0.05) is 11.6 Å². The van der Waals surface area contributed by atoms with Crippen molar-refractivity contribution in [3.8, 4) is 0 Å². The average molecular weight is 213 g/mol. The van der Waals surface area contributed by atoms with Crippen LogP contribution in [0.2, 0.25) is 5.02 Å². The first-order valence-corrected chi connectivity index (χ1v) is 5.56. The highest BCUT2D eigenvalue weighted by atomic mass is 35.5. The third-order valence-corrected chi connectivity index (χ3v) is 2.68. The van der Waals surface area contributed by atoms with Gasteiger partial charge in [0.1, 0.15) is 0 Å². The van der Waals surface area contributed by atoms with Gasteiger partial charge in [-0.05, 0) is 30.9 Å². The fourth-order valence-corrected chi connectivity index (χ4v) is 1.71. The van der Waals surface area contributed by atoms with E-state index in [2.05, 4.69) is 6.07 Å². The zero-order chi connectivity index (χ0) is 10.2. The van der Waals surface area contributed by atoms with Gasteiger partial charge < -0.3 is 5.11 Å². The van der Waals surface area contributed by atoms with E-state index in [4.69, 9.17) is 16.7 Å². The van der Waals surface area contributed by atoms with Gasteiger partial charge in [-0.1, -0.05) is 42.6 Å². The molecule has 0 fully saturated rings. The summed E-state index contributed by atoms with van der Waals surface area (Å²) in [4.78, 5) is 0. The minimum absolute atomic E-state index is 0.312. The summed E-state index contributed by atoms with van der Waals surface area (Å²) in [5, 5.41) is 9.48. The van der Waals surface area contributed by atoms with E-state index in [1.165, 1.54) is 12.0 Å². The summed E-state index contributed by atoms with van der Waals surface area (Å²) in [6.45, 7) is 0.312. The maximum Gasteiger partial charge on any atom is 0.0437 e. The lowest BCUT2D eigenvalue weighted by molar-refractivity contribution is 0.282. The second-order valence-electron chi connectivity index (χ2n) is 3.48. The highest BCUT2D eigenvalue weighted by molar-refractivity contribution is 6.31. The van der Waals surface area contributed by atoms with Gasteiger partial charge in [-0.2, -0.15) is 0 Å². The molecule has 0 radical (unpaired) electrons. The molecular formula is C12H17ClO. The number of aliphatic hydroxyl groups excluding tert-OH is 1. The molecule has 2 heteroatoms. The molecule has 0 bridgehead atoms. The summed E-state index contributed by atoms with van der Waals surface area (Å²) in [6.07, 6.45) is 5.41. The van der Waals surface area contributed by atoms with Crippen molar-refractivity contribution in [2.24, 2.45) is 0 Å². The Morgan fingerprint density at radius 2 is 1.71 bits per heavy atom. The van der Waals surface area contributed by atoms with E-state index >= 15 is 0 Å². The van der Waals surface area contributed by atoms with Gasteiger partial charge in [0.2, 0.25) is 0 Å². The summed E-state index contributed by atoms with van der Waals surface area (Å²) in [7, 11) is 0. The normalized spacial score (nSPS) is 10.4.